The number of phenolic OH excluding ortho intramolecular Hbond substituents is 1. The lowest BCUT2D eigenvalue weighted by Crippen LogP contribution is -2.16. The molecule has 2 aromatic carbocycles. The maximum atomic E-state index is 12.8. The Morgan fingerprint density at radius 3 is 2.50 bits per heavy atom. The van der Waals surface area contributed by atoms with Gasteiger partial charge in [-0.05, 0) is 48.0 Å². The van der Waals surface area contributed by atoms with Gasteiger partial charge in [-0.2, -0.15) is 0 Å². The van der Waals surface area contributed by atoms with Gasteiger partial charge >= 0.3 is 0 Å². The van der Waals surface area contributed by atoms with E-state index in [-0.39, 0.29) is 11.6 Å². The summed E-state index contributed by atoms with van der Waals surface area (Å²) in [5.74, 6) is -0.00797. The molecule has 0 saturated heterocycles. The van der Waals surface area contributed by atoms with Gasteiger partial charge < -0.3 is 10.0 Å². The molecular formula is C14H13BrFNO. The van der Waals surface area contributed by atoms with Crippen LogP contribution in [0.4, 0.5) is 10.1 Å². The van der Waals surface area contributed by atoms with Crippen molar-refractivity contribution in [3.63, 3.8) is 0 Å². The summed E-state index contributed by atoms with van der Waals surface area (Å²) < 4.78 is 13.8. The number of anilines is 1. The zero-order chi connectivity index (χ0) is 13.1. The number of benzene rings is 2. The molecule has 0 atom stereocenters. The maximum absolute atomic E-state index is 12.8. The van der Waals surface area contributed by atoms with Crippen molar-refractivity contribution in [3.8, 4) is 5.75 Å². The van der Waals surface area contributed by atoms with Crippen LogP contribution in [0.5, 0.6) is 5.75 Å². The Morgan fingerprint density at radius 1 is 1.17 bits per heavy atom. The van der Waals surface area contributed by atoms with Crippen molar-refractivity contribution in [2.75, 3.05) is 11.9 Å². The number of nitrogens with zero attached hydrogens (tertiary/aromatic N) is 1. The van der Waals surface area contributed by atoms with E-state index in [9.17, 15) is 9.50 Å². The van der Waals surface area contributed by atoms with Crippen LogP contribution in [0.3, 0.4) is 0 Å². The third kappa shape index (κ3) is 3.01. The smallest absolute Gasteiger partial charge is 0.123 e. The van der Waals surface area contributed by atoms with E-state index in [2.05, 4.69) is 15.9 Å². The Bertz CT molecular complexity index is 542. The molecule has 0 heterocycles. The Labute approximate surface area is 114 Å². The van der Waals surface area contributed by atoms with Gasteiger partial charge in [-0.3, -0.25) is 0 Å². The van der Waals surface area contributed by atoms with Crippen molar-refractivity contribution >= 4 is 21.6 Å². The molecule has 0 spiro atoms. The monoisotopic (exact) mass is 309 g/mol. The first-order valence-corrected chi connectivity index (χ1v) is 6.29. The lowest BCUT2D eigenvalue weighted by atomic mass is 10.2. The molecule has 0 amide bonds. The number of hydrogen-bond donors (Lipinski definition) is 1. The SMILES string of the molecule is CN(Cc1cc(O)ccc1Br)c1ccc(F)cc1. The predicted octanol–water partition coefficient (Wildman–Crippen LogP) is 3.93. The van der Waals surface area contributed by atoms with Gasteiger partial charge in [-0.25, -0.2) is 4.39 Å². The first kappa shape index (κ1) is 12.9. The quantitative estimate of drug-likeness (QED) is 0.928. The molecule has 1 N–H and O–H groups in total. The number of phenols is 1. The van der Waals surface area contributed by atoms with Gasteiger partial charge in [0.05, 0.1) is 0 Å². The zero-order valence-electron chi connectivity index (χ0n) is 9.90. The summed E-state index contributed by atoms with van der Waals surface area (Å²) >= 11 is 3.45. The molecule has 2 rings (SSSR count). The average Bonchev–Trinajstić information content (AvgIpc) is 2.34. The number of rotatable bonds is 3. The highest BCUT2D eigenvalue weighted by molar-refractivity contribution is 9.10. The number of halogens is 2. The van der Waals surface area contributed by atoms with Crippen molar-refractivity contribution < 1.29 is 9.50 Å². The summed E-state index contributed by atoms with van der Waals surface area (Å²) in [6.07, 6.45) is 0. The highest BCUT2D eigenvalue weighted by atomic mass is 79.9. The summed E-state index contributed by atoms with van der Waals surface area (Å²) in [6, 6.07) is 11.5. The van der Waals surface area contributed by atoms with E-state index in [1.807, 2.05) is 18.0 Å². The van der Waals surface area contributed by atoms with Crippen LogP contribution in [0, 0.1) is 5.82 Å². The van der Waals surface area contributed by atoms with Gasteiger partial charge in [0.15, 0.2) is 0 Å². The van der Waals surface area contributed by atoms with Crippen LogP contribution in [0.15, 0.2) is 46.9 Å². The van der Waals surface area contributed by atoms with E-state index >= 15 is 0 Å². The fourth-order valence-corrected chi connectivity index (χ4v) is 2.10. The van der Waals surface area contributed by atoms with E-state index in [0.717, 1.165) is 15.7 Å². The second-order valence-electron chi connectivity index (χ2n) is 4.11. The van der Waals surface area contributed by atoms with Gasteiger partial charge in [0.1, 0.15) is 11.6 Å². The Kier molecular flexibility index (Phi) is 3.87. The third-order valence-corrected chi connectivity index (χ3v) is 3.48. The van der Waals surface area contributed by atoms with Crippen molar-refractivity contribution in [1.29, 1.82) is 0 Å². The van der Waals surface area contributed by atoms with E-state index < -0.39 is 0 Å². The second-order valence-corrected chi connectivity index (χ2v) is 4.96. The van der Waals surface area contributed by atoms with Gasteiger partial charge in [0.25, 0.3) is 0 Å². The fraction of sp³-hybridized carbons (Fsp3) is 0.143. The van der Waals surface area contributed by atoms with Crippen molar-refractivity contribution in [1.82, 2.24) is 0 Å². The normalized spacial score (nSPS) is 10.4. The Balaban J connectivity index is 2.18. The molecule has 4 heteroatoms. The van der Waals surface area contributed by atoms with Gasteiger partial charge in [0, 0.05) is 23.8 Å². The van der Waals surface area contributed by atoms with Crippen LogP contribution >= 0.6 is 15.9 Å². The maximum Gasteiger partial charge on any atom is 0.123 e. The molecule has 0 aliphatic heterocycles. The lowest BCUT2D eigenvalue weighted by molar-refractivity contribution is 0.474. The molecule has 18 heavy (non-hydrogen) atoms. The zero-order valence-corrected chi connectivity index (χ0v) is 11.5. The molecular weight excluding hydrogens is 297 g/mol. The molecule has 0 aromatic heterocycles. The minimum Gasteiger partial charge on any atom is -0.508 e. The Hall–Kier alpha value is -1.55. The third-order valence-electron chi connectivity index (χ3n) is 2.70. The van der Waals surface area contributed by atoms with Gasteiger partial charge in [-0.15, -0.1) is 0 Å². The predicted molar refractivity (Wildman–Crippen MR) is 74.3 cm³/mol. The molecule has 0 aliphatic rings. The number of hydrogen-bond acceptors (Lipinski definition) is 2. The molecule has 0 radical (unpaired) electrons. The van der Waals surface area contributed by atoms with E-state index in [0.29, 0.717) is 6.54 Å². The average molecular weight is 310 g/mol. The van der Waals surface area contributed by atoms with Crippen LogP contribution in [0.1, 0.15) is 5.56 Å². The molecule has 0 unspecified atom stereocenters. The minimum absolute atomic E-state index is 0.237. The van der Waals surface area contributed by atoms with Gasteiger partial charge in [0.2, 0.25) is 0 Å². The van der Waals surface area contributed by atoms with Crippen molar-refractivity contribution in [2.45, 2.75) is 6.54 Å². The molecule has 94 valence electrons. The summed E-state index contributed by atoms with van der Waals surface area (Å²) in [6.45, 7) is 0.626. The Morgan fingerprint density at radius 2 is 1.83 bits per heavy atom. The van der Waals surface area contributed by atoms with Crippen molar-refractivity contribution in [3.05, 3.63) is 58.3 Å². The summed E-state index contributed by atoms with van der Waals surface area (Å²) in [5.41, 5.74) is 1.90. The highest BCUT2D eigenvalue weighted by Gasteiger charge is 2.06. The highest BCUT2D eigenvalue weighted by Crippen LogP contribution is 2.24. The largest absolute Gasteiger partial charge is 0.508 e. The molecule has 2 nitrogen and oxygen atoms in total. The standard InChI is InChI=1S/C14H13BrFNO/c1-17(12-4-2-11(16)3-5-12)9-10-8-13(18)6-7-14(10)15/h2-8,18H,9H2,1H3. The molecule has 0 bridgehead atoms. The summed E-state index contributed by atoms with van der Waals surface area (Å²) in [7, 11) is 1.92. The van der Waals surface area contributed by atoms with Crippen molar-refractivity contribution in [2.24, 2.45) is 0 Å². The van der Waals surface area contributed by atoms with Crippen LogP contribution in [0.2, 0.25) is 0 Å². The summed E-state index contributed by atoms with van der Waals surface area (Å²) in [5, 5.41) is 9.47. The minimum atomic E-state index is -0.245. The summed E-state index contributed by atoms with van der Waals surface area (Å²) in [4.78, 5) is 1.99. The first-order chi connectivity index (χ1) is 8.56. The first-order valence-electron chi connectivity index (χ1n) is 5.50. The van der Waals surface area contributed by atoms with Crippen LogP contribution in [-0.4, -0.2) is 12.2 Å². The molecule has 0 saturated carbocycles. The topological polar surface area (TPSA) is 23.5 Å². The van der Waals surface area contributed by atoms with Crippen LogP contribution in [0.25, 0.3) is 0 Å². The van der Waals surface area contributed by atoms with Crippen LogP contribution in [-0.2, 0) is 6.54 Å². The lowest BCUT2D eigenvalue weighted by Gasteiger charge is -2.20. The molecule has 0 fully saturated rings. The second kappa shape index (κ2) is 5.40. The fourth-order valence-electron chi connectivity index (χ4n) is 1.72. The molecule has 2 aromatic rings. The van der Waals surface area contributed by atoms with E-state index in [4.69, 9.17) is 0 Å². The van der Waals surface area contributed by atoms with Crippen LogP contribution < -0.4 is 4.90 Å². The van der Waals surface area contributed by atoms with Gasteiger partial charge in [-0.1, -0.05) is 15.9 Å². The molecule has 0 aliphatic carbocycles. The number of aromatic hydroxyl groups is 1. The van der Waals surface area contributed by atoms with E-state index in [1.165, 1.54) is 12.1 Å². The van der Waals surface area contributed by atoms with E-state index in [1.54, 1.807) is 24.3 Å².